The number of aryl methyl sites for hydroxylation is 3. The smallest absolute Gasteiger partial charge is 0.230 e. The molecule has 1 amide bonds. The number of thiazole rings is 1. The molecule has 0 saturated heterocycles. The van der Waals surface area contributed by atoms with Crippen LogP contribution in [-0.4, -0.2) is 16.0 Å². The maximum Gasteiger partial charge on any atom is 0.230 e. The summed E-state index contributed by atoms with van der Waals surface area (Å²) in [5, 5.41) is 7.34. The van der Waals surface area contributed by atoms with Crippen LogP contribution in [0, 0.1) is 20.8 Å². The minimum absolute atomic E-state index is 0.110. The summed E-state index contributed by atoms with van der Waals surface area (Å²) in [6.45, 7) is 5.73. The first-order chi connectivity index (χ1) is 11.5. The highest BCUT2D eigenvalue weighted by Crippen LogP contribution is 2.22. The average molecular weight is 341 g/mol. The molecule has 3 aromatic rings. The second-order valence-electron chi connectivity index (χ2n) is 5.83. The van der Waals surface area contributed by atoms with E-state index < -0.39 is 0 Å². The zero-order valence-corrected chi connectivity index (χ0v) is 14.7. The Bertz CT molecular complexity index is 847. The monoisotopic (exact) mass is 341 g/mol. The highest BCUT2D eigenvalue weighted by molar-refractivity contribution is 7.15. The maximum atomic E-state index is 12.2. The zero-order valence-electron chi connectivity index (χ0n) is 13.9. The molecule has 0 aliphatic heterocycles. The first-order valence-electron chi connectivity index (χ1n) is 7.73. The molecular weight excluding hydrogens is 322 g/mol. The fourth-order valence-corrected chi connectivity index (χ4v) is 3.41. The lowest BCUT2D eigenvalue weighted by Crippen LogP contribution is -2.14. The molecule has 124 valence electrons. The van der Waals surface area contributed by atoms with Crippen molar-refractivity contribution in [3.05, 3.63) is 63.5 Å². The van der Waals surface area contributed by atoms with E-state index in [2.05, 4.69) is 46.6 Å². The first-order valence-corrected chi connectivity index (χ1v) is 8.55. The molecule has 0 atom stereocenters. The van der Waals surface area contributed by atoms with Gasteiger partial charge in [0, 0.05) is 23.1 Å². The van der Waals surface area contributed by atoms with E-state index in [0.717, 1.165) is 22.6 Å². The maximum absolute atomic E-state index is 12.2. The number of amides is 1. The van der Waals surface area contributed by atoms with Gasteiger partial charge in [-0.05, 0) is 26.3 Å². The Morgan fingerprint density at radius 3 is 2.83 bits per heavy atom. The third kappa shape index (κ3) is 3.89. The number of hydrogen-bond acceptors (Lipinski definition) is 5. The van der Waals surface area contributed by atoms with E-state index in [1.54, 1.807) is 0 Å². The summed E-state index contributed by atoms with van der Waals surface area (Å²) in [5.41, 5.74) is 4.07. The molecule has 1 aromatic carbocycles. The Hall–Kier alpha value is -2.47. The molecule has 0 aliphatic rings. The highest BCUT2D eigenvalue weighted by Gasteiger charge is 2.14. The van der Waals surface area contributed by atoms with Crippen molar-refractivity contribution in [3.63, 3.8) is 0 Å². The van der Waals surface area contributed by atoms with E-state index >= 15 is 0 Å². The lowest BCUT2D eigenvalue weighted by atomic mass is 10.1. The number of carbonyl (C=O) groups excluding carboxylic acids is 1. The van der Waals surface area contributed by atoms with Crippen LogP contribution in [0.25, 0.3) is 0 Å². The minimum Gasteiger partial charge on any atom is -0.361 e. The second kappa shape index (κ2) is 6.97. The summed E-state index contributed by atoms with van der Waals surface area (Å²) >= 11 is 1.50. The van der Waals surface area contributed by atoms with Crippen LogP contribution in [-0.2, 0) is 17.6 Å². The van der Waals surface area contributed by atoms with Crippen molar-refractivity contribution in [1.82, 2.24) is 10.1 Å². The molecule has 0 bridgehead atoms. The largest absolute Gasteiger partial charge is 0.361 e. The van der Waals surface area contributed by atoms with Crippen LogP contribution < -0.4 is 5.32 Å². The first kappa shape index (κ1) is 16.4. The molecule has 0 aliphatic carbocycles. The van der Waals surface area contributed by atoms with Gasteiger partial charge in [-0.3, -0.25) is 4.79 Å². The van der Waals surface area contributed by atoms with Crippen LogP contribution in [0.4, 0.5) is 5.13 Å². The van der Waals surface area contributed by atoms with E-state index in [-0.39, 0.29) is 12.3 Å². The van der Waals surface area contributed by atoms with Crippen LogP contribution in [0.1, 0.15) is 33.0 Å². The minimum atomic E-state index is -0.110. The number of hydrogen-bond donors (Lipinski definition) is 1. The molecule has 2 heterocycles. The summed E-state index contributed by atoms with van der Waals surface area (Å²) in [6, 6.07) is 8.40. The van der Waals surface area contributed by atoms with Gasteiger partial charge in [-0.2, -0.15) is 0 Å². The van der Waals surface area contributed by atoms with Crippen LogP contribution >= 0.6 is 11.3 Å². The number of nitrogens with zero attached hydrogens (tertiary/aromatic N) is 2. The molecular formula is C18H19N3O2S. The molecule has 6 heteroatoms. The van der Waals surface area contributed by atoms with Crippen molar-refractivity contribution in [2.45, 2.75) is 33.6 Å². The fraction of sp³-hybridized carbons (Fsp3) is 0.278. The molecule has 1 N–H and O–H groups in total. The third-order valence-electron chi connectivity index (χ3n) is 3.78. The van der Waals surface area contributed by atoms with Gasteiger partial charge in [0.15, 0.2) is 5.13 Å². The van der Waals surface area contributed by atoms with E-state index in [4.69, 9.17) is 4.52 Å². The van der Waals surface area contributed by atoms with Crippen molar-refractivity contribution in [2.75, 3.05) is 5.32 Å². The van der Waals surface area contributed by atoms with Crippen molar-refractivity contribution >= 4 is 22.4 Å². The Balaban J connectivity index is 1.62. The van der Waals surface area contributed by atoms with Gasteiger partial charge in [-0.15, -0.1) is 11.3 Å². The van der Waals surface area contributed by atoms with Crippen molar-refractivity contribution in [3.8, 4) is 0 Å². The summed E-state index contributed by atoms with van der Waals surface area (Å²) in [4.78, 5) is 17.6. The second-order valence-corrected chi connectivity index (χ2v) is 6.94. The molecule has 2 aromatic heterocycles. The third-order valence-corrected chi connectivity index (χ3v) is 4.69. The van der Waals surface area contributed by atoms with Crippen LogP contribution in [0.3, 0.4) is 0 Å². The number of rotatable bonds is 5. The lowest BCUT2D eigenvalue weighted by molar-refractivity contribution is -0.115. The summed E-state index contributed by atoms with van der Waals surface area (Å²) in [5.74, 6) is 0.572. The van der Waals surface area contributed by atoms with Gasteiger partial charge in [0.2, 0.25) is 5.91 Å². The van der Waals surface area contributed by atoms with Crippen molar-refractivity contribution < 1.29 is 9.32 Å². The van der Waals surface area contributed by atoms with Crippen molar-refractivity contribution in [2.24, 2.45) is 0 Å². The van der Waals surface area contributed by atoms with E-state index in [9.17, 15) is 4.79 Å². The van der Waals surface area contributed by atoms with Gasteiger partial charge in [0.05, 0.1) is 12.1 Å². The van der Waals surface area contributed by atoms with Gasteiger partial charge in [0.25, 0.3) is 0 Å². The fourth-order valence-electron chi connectivity index (χ4n) is 2.55. The summed E-state index contributed by atoms with van der Waals surface area (Å²) < 4.78 is 5.08. The molecule has 0 saturated carbocycles. The molecule has 0 radical (unpaired) electrons. The highest BCUT2D eigenvalue weighted by atomic mass is 32.1. The molecule has 5 nitrogen and oxygen atoms in total. The molecule has 24 heavy (non-hydrogen) atoms. The average Bonchev–Trinajstić information content (AvgIpc) is 3.08. The van der Waals surface area contributed by atoms with Gasteiger partial charge in [0.1, 0.15) is 5.76 Å². The molecule has 3 rings (SSSR count). The lowest BCUT2D eigenvalue weighted by Gasteiger charge is -2.01. The summed E-state index contributed by atoms with van der Waals surface area (Å²) in [7, 11) is 0. The van der Waals surface area contributed by atoms with Crippen LogP contribution in [0.15, 0.2) is 35.0 Å². The normalized spacial score (nSPS) is 10.8. The molecule has 0 spiro atoms. The number of anilines is 1. The zero-order chi connectivity index (χ0) is 17.1. The number of aromatic nitrogens is 2. The Kier molecular flexibility index (Phi) is 4.76. The van der Waals surface area contributed by atoms with E-state index in [0.29, 0.717) is 10.9 Å². The topological polar surface area (TPSA) is 68.0 Å². The van der Waals surface area contributed by atoms with Gasteiger partial charge < -0.3 is 9.84 Å². The van der Waals surface area contributed by atoms with Crippen molar-refractivity contribution in [1.29, 1.82) is 0 Å². The van der Waals surface area contributed by atoms with Gasteiger partial charge in [-0.1, -0.05) is 35.0 Å². The Morgan fingerprint density at radius 2 is 2.12 bits per heavy atom. The van der Waals surface area contributed by atoms with E-state index in [1.807, 2.05) is 20.0 Å². The number of nitrogens with one attached hydrogen (secondary N) is 1. The van der Waals surface area contributed by atoms with Crippen LogP contribution in [0.2, 0.25) is 0 Å². The standard InChI is InChI=1S/C18H19N3O2S/c1-11-5-4-6-14(7-11)8-15-10-19-18(24-15)20-17(22)9-16-12(2)21-23-13(16)3/h4-7,10H,8-9H2,1-3H3,(H,19,20,22). The number of benzene rings is 1. The predicted octanol–water partition coefficient (Wildman–Crippen LogP) is 3.83. The summed E-state index contributed by atoms with van der Waals surface area (Å²) in [6.07, 6.45) is 2.88. The molecule has 0 fully saturated rings. The van der Waals surface area contributed by atoms with Crippen LogP contribution in [0.5, 0.6) is 0 Å². The van der Waals surface area contributed by atoms with Gasteiger partial charge >= 0.3 is 0 Å². The van der Waals surface area contributed by atoms with Gasteiger partial charge in [-0.25, -0.2) is 4.98 Å². The van der Waals surface area contributed by atoms with E-state index in [1.165, 1.54) is 22.5 Å². The quantitative estimate of drug-likeness (QED) is 0.766. The Morgan fingerprint density at radius 1 is 1.29 bits per heavy atom. The number of carbonyl (C=O) groups is 1. The Labute approximate surface area is 144 Å². The predicted molar refractivity (Wildman–Crippen MR) is 94.4 cm³/mol. The molecule has 0 unspecified atom stereocenters. The SMILES string of the molecule is Cc1cccc(Cc2cnc(NC(=O)Cc3c(C)noc3C)s2)c1.